The van der Waals surface area contributed by atoms with E-state index in [4.69, 9.17) is 5.84 Å². The normalized spacial score (nSPS) is 9.25. The van der Waals surface area contributed by atoms with Crippen LogP contribution in [-0.2, 0) is 6.54 Å². The molecule has 0 aliphatic rings. The number of halogens is 3. The van der Waals surface area contributed by atoms with Crippen LogP contribution in [0.2, 0.25) is 0 Å². The average Bonchev–Trinajstić information content (AvgIpc) is 1.99. The third-order valence-electron chi connectivity index (χ3n) is 1.32. The van der Waals surface area contributed by atoms with Crippen LogP contribution in [0.4, 0.5) is 0 Å². The van der Waals surface area contributed by atoms with Crippen molar-refractivity contribution in [1.82, 2.24) is 5.43 Å². The fourth-order valence-corrected chi connectivity index (χ4v) is 1.61. The summed E-state index contributed by atoms with van der Waals surface area (Å²) in [7, 11) is 0. The standard InChI is InChI=1S/C7H8Br2N2.ClH/c8-6-3-1-2-5(4-11-10)7(6)9;/h1-3,11H,4,10H2;1H. The molecule has 0 fully saturated rings. The molecule has 0 aromatic heterocycles. The Morgan fingerprint density at radius 2 is 2.00 bits per heavy atom. The van der Waals surface area contributed by atoms with Crippen LogP contribution in [0.15, 0.2) is 27.1 Å². The zero-order valence-corrected chi connectivity index (χ0v) is 10.2. The van der Waals surface area contributed by atoms with Crippen molar-refractivity contribution >= 4 is 44.3 Å². The highest BCUT2D eigenvalue weighted by molar-refractivity contribution is 9.13. The molecule has 1 aromatic rings. The van der Waals surface area contributed by atoms with E-state index < -0.39 is 0 Å². The molecule has 0 aliphatic heterocycles. The van der Waals surface area contributed by atoms with E-state index in [1.165, 1.54) is 0 Å². The number of nitrogens with two attached hydrogens (primary N) is 1. The molecule has 0 saturated heterocycles. The average molecular weight is 316 g/mol. The zero-order valence-electron chi connectivity index (χ0n) is 6.18. The topological polar surface area (TPSA) is 38.0 Å². The highest BCUT2D eigenvalue weighted by Crippen LogP contribution is 2.26. The summed E-state index contributed by atoms with van der Waals surface area (Å²) < 4.78 is 2.10. The molecule has 1 rings (SSSR count). The summed E-state index contributed by atoms with van der Waals surface area (Å²) in [5.74, 6) is 5.19. The van der Waals surface area contributed by atoms with Crippen LogP contribution in [0.1, 0.15) is 5.56 Å². The first kappa shape index (κ1) is 12.4. The summed E-state index contributed by atoms with van der Waals surface area (Å²) in [6.07, 6.45) is 0. The first-order chi connectivity index (χ1) is 5.25. The number of benzene rings is 1. The molecule has 1 aromatic carbocycles. The minimum atomic E-state index is 0. The molecule has 0 aliphatic carbocycles. The van der Waals surface area contributed by atoms with E-state index in [-0.39, 0.29) is 12.4 Å². The SMILES string of the molecule is Cl.NNCc1cccc(Br)c1Br. The molecular formula is C7H9Br2ClN2. The van der Waals surface area contributed by atoms with Crippen molar-refractivity contribution in [3.8, 4) is 0 Å². The van der Waals surface area contributed by atoms with Crippen LogP contribution in [0.25, 0.3) is 0 Å². The van der Waals surface area contributed by atoms with Crippen molar-refractivity contribution in [2.75, 3.05) is 0 Å². The first-order valence-electron chi connectivity index (χ1n) is 3.12. The maximum atomic E-state index is 5.19. The van der Waals surface area contributed by atoms with Crippen LogP contribution < -0.4 is 11.3 Å². The van der Waals surface area contributed by atoms with Gasteiger partial charge in [-0.05, 0) is 43.5 Å². The van der Waals surface area contributed by atoms with Crippen LogP contribution in [0.5, 0.6) is 0 Å². The van der Waals surface area contributed by atoms with Crippen molar-refractivity contribution in [2.45, 2.75) is 6.54 Å². The number of rotatable bonds is 2. The molecule has 0 atom stereocenters. The Kier molecular flexibility index (Phi) is 6.13. The van der Waals surface area contributed by atoms with E-state index >= 15 is 0 Å². The Bertz CT molecular complexity index is 255. The Morgan fingerprint density at radius 3 is 2.58 bits per heavy atom. The predicted octanol–water partition coefficient (Wildman–Crippen LogP) is 2.60. The highest BCUT2D eigenvalue weighted by Gasteiger charge is 2.00. The second-order valence-corrected chi connectivity index (χ2v) is 3.74. The van der Waals surface area contributed by atoms with Gasteiger partial charge in [0.15, 0.2) is 0 Å². The van der Waals surface area contributed by atoms with E-state index in [0.29, 0.717) is 6.54 Å². The molecule has 68 valence electrons. The van der Waals surface area contributed by atoms with Gasteiger partial charge in [0, 0.05) is 15.5 Å². The summed E-state index contributed by atoms with van der Waals surface area (Å²) >= 11 is 6.84. The molecule has 0 unspecified atom stereocenters. The van der Waals surface area contributed by atoms with Crippen LogP contribution in [0, 0.1) is 0 Å². The lowest BCUT2D eigenvalue weighted by Crippen LogP contribution is -2.21. The van der Waals surface area contributed by atoms with Gasteiger partial charge in [-0.1, -0.05) is 12.1 Å². The van der Waals surface area contributed by atoms with Gasteiger partial charge in [0.1, 0.15) is 0 Å². The van der Waals surface area contributed by atoms with Crippen molar-refractivity contribution in [2.24, 2.45) is 5.84 Å². The number of hydrogen-bond donors (Lipinski definition) is 2. The predicted molar refractivity (Wildman–Crippen MR) is 60.1 cm³/mol. The van der Waals surface area contributed by atoms with Crippen LogP contribution in [-0.4, -0.2) is 0 Å². The Morgan fingerprint density at radius 1 is 1.33 bits per heavy atom. The molecule has 2 nitrogen and oxygen atoms in total. The van der Waals surface area contributed by atoms with Crippen LogP contribution >= 0.6 is 44.3 Å². The molecule has 0 spiro atoms. The van der Waals surface area contributed by atoms with Gasteiger partial charge >= 0.3 is 0 Å². The van der Waals surface area contributed by atoms with Crippen LogP contribution in [0.3, 0.4) is 0 Å². The maximum Gasteiger partial charge on any atom is 0.0362 e. The fraction of sp³-hybridized carbons (Fsp3) is 0.143. The largest absolute Gasteiger partial charge is 0.271 e. The summed E-state index contributed by atoms with van der Waals surface area (Å²) in [4.78, 5) is 0. The molecular weight excluding hydrogens is 307 g/mol. The van der Waals surface area contributed by atoms with Crippen molar-refractivity contribution < 1.29 is 0 Å². The quantitative estimate of drug-likeness (QED) is 0.650. The molecule has 0 saturated carbocycles. The lowest BCUT2D eigenvalue weighted by Gasteiger charge is -2.03. The summed E-state index contributed by atoms with van der Waals surface area (Å²) in [5, 5.41) is 0. The Hall–Kier alpha value is 0.390. The van der Waals surface area contributed by atoms with Crippen molar-refractivity contribution in [3.05, 3.63) is 32.7 Å². The van der Waals surface area contributed by atoms with Crippen molar-refractivity contribution in [3.63, 3.8) is 0 Å². The van der Waals surface area contributed by atoms with Gasteiger partial charge in [-0.15, -0.1) is 12.4 Å². The van der Waals surface area contributed by atoms with Gasteiger partial charge in [-0.3, -0.25) is 11.3 Å². The smallest absolute Gasteiger partial charge is 0.0362 e. The second kappa shape index (κ2) is 5.94. The minimum absolute atomic E-state index is 0. The minimum Gasteiger partial charge on any atom is -0.271 e. The fourth-order valence-electron chi connectivity index (χ4n) is 0.795. The molecule has 0 heterocycles. The van der Waals surface area contributed by atoms with Gasteiger partial charge in [0.2, 0.25) is 0 Å². The lowest BCUT2D eigenvalue weighted by atomic mass is 10.2. The van der Waals surface area contributed by atoms with E-state index in [1.54, 1.807) is 0 Å². The Labute approximate surface area is 94.5 Å². The molecule has 0 radical (unpaired) electrons. The van der Waals surface area contributed by atoms with Gasteiger partial charge in [0.25, 0.3) is 0 Å². The van der Waals surface area contributed by atoms with E-state index in [1.807, 2.05) is 18.2 Å². The summed E-state index contributed by atoms with van der Waals surface area (Å²) in [6, 6.07) is 5.96. The highest BCUT2D eigenvalue weighted by atomic mass is 79.9. The zero-order chi connectivity index (χ0) is 8.27. The Balaban J connectivity index is 0.00000121. The first-order valence-corrected chi connectivity index (χ1v) is 4.70. The van der Waals surface area contributed by atoms with Gasteiger partial charge in [-0.25, -0.2) is 0 Å². The number of hydrogen-bond acceptors (Lipinski definition) is 2. The van der Waals surface area contributed by atoms with Gasteiger partial charge < -0.3 is 0 Å². The van der Waals surface area contributed by atoms with Gasteiger partial charge in [0.05, 0.1) is 0 Å². The third-order valence-corrected chi connectivity index (χ3v) is 3.45. The molecule has 3 N–H and O–H groups in total. The molecule has 0 amide bonds. The lowest BCUT2D eigenvalue weighted by molar-refractivity contribution is 0.738. The summed E-state index contributed by atoms with van der Waals surface area (Å²) in [5.41, 5.74) is 3.74. The molecule has 0 bridgehead atoms. The van der Waals surface area contributed by atoms with Gasteiger partial charge in [-0.2, -0.15) is 0 Å². The van der Waals surface area contributed by atoms with E-state index in [9.17, 15) is 0 Å². The second-order valence-electron chi connectivity index (χ2n) is 2.09. The number of hydrazine groups is 1. The van der Waals surface area contributed by atoms with E-state index in [2.05, 4.69) is 37.3 Å². The molecule has 5 heteroatoms. The number of nitrogens with one attached hydrogen (secondary N) is 1. The molecule has 12 heavy (non-hydrogen) atoms. The summed E-state index contributed by atoms with van der Waals surface area (Å²) in [6.45, 7) is 0.667. The van der Waals surface area contributed by atoms with Crippen molar-refractivity contribution in [1.29, 1.82) is 0 Å². The third kappa shape index (κ3) is 3.03. The van der Waals surface area contributed by atoms with E-state index in [0.717, 1.165) is 14.5 Å². The monoisotopic (exact) mass is 314 g/mol. The maximum absolute atomic E-state index is 5.19.